The molecule has 0 spiro atoms. The van der Waals surface area contributed by atoms with Crippen molar-refractivity contribution in [2.75, 3.05) is 6.61 Å². The summed E-state index contributed by atoms with van der Waals surface area (Å²) in [5.41, 5.74) is 1.14. The monoisotopic (exact) mass is 296 g/mol. The van der Waals surface area contributed by atoms with E-state index in [4.69, 9.17) is 9.47 Å². The molecule has 2 aliphatic carbocycles. The first kappa shape index (κ1) is 13.3. The molecule has 116 valence electrons. The van der Waals surface area contributed by atoms with Crippen LogP contribution in [0, 0.1) is 17.8 Å². The van der Waals surface area contributed by atoms with Crippen LogP contribution in [0.15, 0.2) is 42.5 Å². The van der Waals surface area contributed by atoms with Crippen LogP contribution in [-0.4, -0.2) is 18.8 Å². The number of ether oxygens (including phenoxy) is 2. The largest absolute Gasteiger partial charge is 0.371 e. The molecule has 2 heteroatoms. The van der Waals surface area contributed by atoms with Gasteiger partial charge in [-0.2, -0.15) is 0 Å². The number of hydrogen-bond donors (Lipinski definition) is 0. The fraction of sp³-hybridized carbons (Fsp3) is 0.600. The molecule has 0 amide bonds. The number of benzene rings is 1. The van der Waals surface area contributed by atoms with Gasteiger partial charge in [0.15, 0.2) is 0 Å². The molecule has 6 unspecified atom stereocenters. The lowest BCUT2D eigenvalue weighted by Crippen LogP contribution is -2.41. The lowest BCUT2D eigenvalue weighted by Gasteiger charge is -2.37. The van der Waals surface area contributed by atoms with E-state index in [-0.39, 0.29) is 11.7 Å². The van der Waals surface area contributed by atoms with Crippen LogP contribution in [0.2, 0.25) is 0 Å². The maximum absolute atomic E-state index is 6.69. The van der Waals surface area contributed by atoms with Crippen molar-refractivity contribution in [2.24, 2.45) is 17.8 Å². The Balaban J connectivity index is 1.39. The molecule has 2 saturated heterocycles. The molecule has 2 nitrogen and oxygen atoms in total. The molecule has 2 heterocycles. The standard InChI is InChI=1S/C20H24O2/c1-2-4-17(5-3-1)20(12-18-8-9-19(20)22-18)21-13-16-11-14-6-7-15(16)10-14/h1-7,14-16,18-19H,8-13H2. The lowest BCUT2D eigenvalue weighted by molar-refractivity contribution is -0.107. The molecule has 2 aliphatic heterocycles. The normalized spacial score (nSPS) is 45.0. The number of allylic oxidation sites excluding steroid dienone is 2. The molecule has 1 aromatic rings. The number of rotatable bonds is 4. The van der Waals surface area contributed by atoms with E-state index in [1.807, 2.05) is 0 Å². The van der Waals surface area contributed by atoms with Gasteiger partial charge in [0, 0.05) is 6.42 Å². The SMILES string of the molecule is C1=CC2CC1CC2COC1(c2ccccc2)CC2CCC1O2. The van der Waals surface area contributed by atoms with Gasteiger partial charge in [-0.3, -0.25) is 0 Å². The van der Waals surface area contributed by atoms with Gasteiger partial charge < -0.3 is 9.47 Å². The Hall–Kier alpha value is -1.12. The molecule has 0 aromatic heterocycles. The van der Waals surface area contributed by atoms with Crippen molar-refractivity contribution in [2.45, 2.75) is 49.9 Å². The molecule has 4 aliphatic rings. The highest BCUT2D eigenvalue weighted by Crippen LogP contribution is 2.51. The summed E-state index contributed by atoms with van der Waals surface area (Å²) in [5.74, 6) is 2.30. The van der Waals surface area contributed by atoms with Crippen LogP contribution >= 0.6 is 0 Å². The Labute approximate surface area is 132 Å². The van der Waals surface area contributed by atoms with Crippen molar-refractivity contribution < 1.29 is 9.47 Å². The summed E-state index contributed by atoms with van der Waals surface area (Å²) in [6.07, 6.45) is 11.6. The quantitative estimate of drug-likeness (QED) is 0.780. The minimum Gasteiger partial charge on any atom is -0.371 e. The van der Waals surface area contributed by atoms with Gasteiger partial charge in [-0.15, -0.1) is 0 Å². The van der Waals surface area contributed by atoms with E-state index >= 15 is 0 Å². The summed E-state index contributed by atoms with van der Waals surface area (Å²) in [5, 5.41) is 0. The Morgan fingerprint density at radius 2 is 2.00 bits per heavy atom. The van der Waals surface area contributed by atoms with Gasteiger partial charge in [-0.05, 0) is 49.0 Å². The fourth-order valence-corrected chi connectivity index (χ4v) is 5.27. The van der Waals surface area contributed by atoms with E-state index in [2.05, 4.69) is 42.5 Å². The summed E-state index contributed by atoms with van der Waals surface area (Å²) in [4.78, 5) is 0. The molecular weight excluding hydrogens is 272 g/mol. The predicted molar refractivity (Wildman–Crippen MR) is 85.4 cm³/mol. The predicted octanol–water partition coefficient (Wildman–Crippen LogP) is 4.06. The molecule has 3 fully saturated rings. The van der Waals surface area contributed by atoms with Crippen molar-refractivity contribution in [1.82, 2.24) is 0 Å². The van der Waals surface area contributed by atoms with Crippen molar-refractivity contribution in [3.05, 3.63) is 48.0 Å². The van der Waals surface area contributed by atoms with E-state index in [9.17, 15) is 0 Å². The zero-order valence-electron chi connectivity index (χ0n) is 13.0. The van der Waals surface area contributed by atoms with Crippen LogP contribution in [0.5, 0.6) is 0 Å². The van der Waals surface area contributed by atoms with Crippen molar-refractivity contribution in [1.29, 1.82) is 0 Å². The van der Waals surface area contributed by atoms with Crippen LogP contribution < -0.4 is 0 Å². The van der Waals surface area contributed by atoms with Gasteiger partial charge in [0.25, 0.3) is 0 Å². The van der Waals surface area contributed by atoms with Gasteiger partial charge in [-0.25, -0.2) is 0 Å². The first-order valence-electron chi connectivity index (χ1n) is 8.87. The minimum absolute atomic E-state index is 0.185. The third kappa shape index (κ3) is 1.93. The Morgan fingerprint density at radius 1 is 1.09 bits per heavy atom. The first-order chi connectivity index (χ1) is 10.8. The molecule has 1 saturated carbocycles. The maximum Gasteiger partial charge on any atom is 0.122 e. The highest BCUT2D eigenvalue weighted by atomic mass is 16.6. The molecular formula is C20H24O2. The summed E-state index contributed by atoms with van der Waals surface area (Å²) in [6.45, 7) is 0.896. The van der Waals surface area contributed by atoms with Crippen molar-refractivity contribution >= 4 is 0 Å². The van der Waals surface area contributed by atoms with Crippen LogP contribution in [-0.2, 0) is 15.1 Å². The molecule has 6 atom stereocenters. The van der Waals surface area contributed by atoms with E-state index in [1.54, 1.807) is 0 Å². The van der Waals surface area contributed by atoms with Crippen LogP contribution in [0.25, 0.3) is 0 Å². The van der Waals surface area contributed by atoms with Gasteiger partial charge in [0.05, 0.1) is 18.8 Å². The summed E-state index contributed by atoms with van der Waals surface area (Å²) < 4.78 is 12.9. The van der Waals surface area contributed by atoms with Crippen LogP contribution in [0.3, 0.4) is 0 Å². The smallest absolute Gasteiger partial charge is 0.122 e. The number of fused-ring (bicyclic) bond motifs is 4. The average Bonchev–Trinajstić information content (AvgIpc) is 3.33. The molecule has 0 N–H and O–H groups in total. The van der Waals surface area contributed by atoms with Gasteiger partial charge in [-0.1, -0.05) is 42.5 Å². The summed E-state index contributed by atoms with van der Waals surface area (Å²) >= 11 is 0. The third-order valence-corrected chi connectivity index (χ3v) is 6.39. The van der Waals surface area contributed by atoms with E-state index in [1.165, 1.54) is 24.8 Å². The second-order valence-corrected chi connectivity index (χ2v) is 7.64. The second kappa shape index (κ2) is 4.94. The highest BCUT2D eigenvalue weighted by molar-refractivity contribution is 5.27. The topological polar surface area (TPSA) is 18.5 Å². The Morgan fingerprint density at radius 3 is 2.64 bits per heavy atom. The minimum atomic E-state index is -0.185. The highest BCUT2D eigenvalue weighted by Gasteiger charge is 2.55. The molecule has 0 radical (unpaired) electrons. The van der Waals surface area contributed by atoms with Gasteiger partial charge in [0.2, 0.25) is 0 Å². The van der Waals surface area contributed by atoms with Crippen molar-refractivity contribution in [3.63, 3.8) is 0 Å². The van der Waals surface area contributed by atoms with Crippen LogP contribution in [0.4, 0.5) is 0 Å². The zero-order chi connectivity index (χ0) is 14.6. The molecule has 5 rings (SSSR count). The van der Waals surface area contributed by atoms with Crippen molar-refractivity contribution in [3.8, 4) is 0 Å². The summed E-state index contributed by atoms with van der Waals surface area (Å²) in [7, 11) is 0. The van der Waals surface area contributed by atoms with E-state index < -0.39 is 0 Å². The van der Waals surface area contributed by atoms with Gasteiger partial charge >= 0.3 is 0 Å². The summed E-state index contributed by atoms with van der Waals surface area (Å²) in [6, 6.07) is 10.8. The molecule has 1 aromatic carbocycles. The zero-order valence-corrected chi connectivity index (χ0v) is 13.0. The van der Waals surface area contributed by atoms with Gasteiger partial charge in [0.1, 0.15) is 5.60 Å². The number of hydrogen-bond acceptors (Lipinski definition) is 2. The average molecular weight is 296 g/mol. The van der Waals surface area contributed by atoms with E-state index in [0.717, 1.165) is 37.2 Å². The lowest BCUT2D eigenvalue weighted by atomic mass is 9.79. The van der Waals surface area contributed by atoms with E-state index in [0.29, 0.717) is 6.10 Å². The molecule has 4 bridgehead atoms. The first-order valence-corrected chi connectivity index (χ1v) is 8.87. The van der Waals surface area contributed by atoms with Crippen LogP contribution in [0.1, 0.15) is 37.7 Å². The second-order valence-electron chi connectivity index (χ2n) is 7.64. The Kier molecular flexibility index (Phi) is 2.99. The maximum atomic E-state index is 6.69. The fourth-order valence-electron chi connectivity index (χ4n) is 5.27. The Bertz CT molecular complexity index is 581. The molecule has 22 heavy (non-hydrogen) atoms. The third-order valence-electron chi connectivity index (χ3n) is 6.39.